The van der Waals surface area contributed by atoms with Gasteiger partial charge in [-0.1, -0.05) is 41.0 Å². The lowest BCUT2D eigenvalue weighted by atomic mass is 10.0. The van der Waals surface area contributed by atoms with E-state index in [-0.39, 0.29) is 0 Å². The van der Waals surface area contributed by atoms with Gasteiger partial charge in [0.25, 0.3) is 0 Å². The van der Waals surface area contributed by atoms with Gasteiger partial charge in [-0.05, 0) is 36.2 Å². The van der Waals surface area contributed by atoms with E-state index in [4.69, 9.17) is 0 Å². The van der Waals surface area contributed by atoms with Gasteiger partial charge in [-0.3, -0.25) is 0 Å². The maximum Gasteiger partial charge on any atom is -0.0204 e. The Balaban J connectivity index is 1.89. The molecule has 2 rings (SSSR count). The fourth-order valence-electron chi connectivity index (χ4n) is 3.13. The third kappa shape index (κ3) is 1.55. The van der Waals surface area contributed by atoms with E-state index in [1.165, 1.54) is 31.3 Å². The van der Waals surface area contributed by atoms with Gasteiger partial charge in [0.1, 0.15) is 0 Å². The Bertz CT molecular complexity index is 141. The second-order valence-electron chi connectivity index (χ2n) is 4.67. The zero-order valence-electron chi connectivity index (χ0n) is 8.42. The van der Waals surface area contributed by atoms with E-state index >= 15 is 0 Å². The highest BCUT2D eigenvalue weighted by Crippen LogP contribution is 2.64. The van der Waals surface area contributed by atoms with Gasteiger partial charge in [0, 0.05) is 0 Å². The molecule has 0 nitrogen and oxygen atoms in total. The number of hydrogen-bond acceptors (Lipinski definition) is 0. The van der Waals surface area contributed by atoms with Gasteiger partial charge >= 0.3 is 0 Å². The molecular formula is C11H21P. The average Bonchev–Trinajstić information content (AvgIpc) is 2.05. The molecule has 1 aliphatic carbocycles. The summed E-state index contributed by atoms with van der Waals surface area (Å²) >= 11 is 0. The second-order valence-corrected chi connectivity index (χ2v) is 8.06. The molecule has 0 spiro atoms. The van der Waals surface area contributed by atoms with E-state index < -0.39 is 0 Å². The zero-order valence-corrected chi connectivity index (χ0v) is 9.32. The van der Waals surface area contributed by atoms with Crippen molar-refractivity contribution in [3.05, 3.63) is 0 Å². The van der Waals surface area contributed by atoms with Crippen molar-refractivity contribution in [3.63, 3.8) is 0 Å². The highest BCUT2D eigenvalue weighted by molar-refractivity contribution is 7.61. The van der Waals surface area contributed by atoms with Gasteiger partial charge in [-0.15, -0.1) is 0 Å². The second kappa shape index (κ2) is 3.66. The van der Waals surface area contributed by atoms with E-state index in [1.807, 2.05) is 0 Å². The Morgan fingerprint density at radius 1 is 0.917 bits per heavy atom. The molecular weight excluding hydrogens is 163 g/mol. The van der Waals surface area contributed by atoms with Crippen LogP contribution in [0.3, 0.4) is 0 Å². The van der Waals surface area contributed by atoms with E-state index in [0.29, 0.717) is 7.92 Å². The van der Waals surface area contributed by atoms with E-state index in [0.717, 1.165) is 11.3 Å². The van der Waals surface area contributed by atoms with Crippen LogP contribution in [0.1, 0.15) is 52.4 Å². The molecule has 0 bridgehead atoms. The molecule has 0 radical (unpaired) electrons. The number of rotatable bonds is 1. The van der Waals surface area contributed by atoms with Crippen molar-refractivity contribution in [3.8, 4) is 0 Å². The summed E-state index contributed by atoms with van der Waals surface area (Å²) in [6.45, 7) is 4.97. The molecule has 0 amide bonds. The quantitative estimate of drug-likeness (QED) is 0.541. The SMILES string of the molecule is C[C@H]1C[C@H](C)P1C1CCCCC1. The Morgan fingerprint density at radius 3 is 2.00 bits per heavy atom. The summed E-state index contributed by atoms with van der Waals surface area (Å²) in [4.78, 5) is 0. The van der Waals surface area contributed by atoms with Crippen LogP contribution in [0.4, 0.5) is 0 Å². The smallest absolute Gasteiger partial charge is 0.0204 e. The van der Waals surface area contributed by atoms with Gasteiger partial charge in [0.05, 0.1) is 0 Å². The van der Waals surface area contributed by atoms with E-state index in [1.54, 1.807) is 12.8 Å². The highest BCUT2D eigenvalue weighted by atomic mass is 31.1. The molecule has 1 aliphatic heterocycles. The van der Waals surface area contributed by atoms with Crippen LogP contribution in [-0.2, 0) is 0 Å². The molecule has 0 N–H and O–H groups in total. The van der Waals surface area contributed by atoms with Crippen LogP contribution in [0.5, 0.6) is 0 Å². The van der Waals surface area contributed by atoms with E-state index in [2.05, 4.69) is 13.8 Å². The van der Waals surface area contributed by atoms with E-state index in [9.17, 15) is 0 Å². The summed E-state index contributed by atoms with van der Waals surface area (Å²) in [7, 11) is 0.462. The molecule has 0 aromatic heterocycles. The van der Waals surface area contributed by atoms with Crippen molar-refractivity contribution in [1.29, 1.82) is 0 Å². The Labute approximate surface area is 77.9 Å². The molecule has 0 aromatic carbocycles. The summed E-state index contributed by atoms with van der Waals surface area (Å²) in [6.07, 6.45) is 9.25. The Hall–Kier alpha value is 0.430. The van der Waals surface area contributed by atoms with Gasteiger partial charge in [-0.2, -0.15) is 0 Å². The minimum absolute atomic E-state index is 0.462. The first kappa shape index (κ1) is 9.00. The van der Waals surface area contributed by atoms with Crippen LogP contribution < -0.4 is 0 Å². The third-order valence-electron chi connectivity index (χ3n) is 3.70. The minimum Gasteiger partial charge on any atom is -0.0977 e. The van der Waals surface area contributed by atoms with Crippen molar-refractivity contribution in [2.75, 3.05) is 0 Å². The predicted molar refractivity (Wildman–Crippen MR) is 57.3 cm³/mol. The lowest BCUT2D eigenvalue weighted by Crippen LogP contribution is -2.32. The normalized spacial score (nSPS) is 39.5. The summed E-state index contributed by atoms with van der Waals surface area (Å²) in [5.41, 5.74) is 3.39. The van der Waals surface area contributed by atoms with Gasteiger partial charge in [0.2, 0.25) is 0 Å². The summed E-state index contributed by atoms with van der Waals surface area (Å²) < 4.78 is 0. The molecule has 1 saturated carbocycles. The van der Waals surface area contributed by atoms with Crippen molar-refractivity contribution in [1.82, 2.24) is 0 Å². The van der Waals surface area contributed by atoms with Crippen molar-refractivity contribution in [2.24, 2.45) is 0 Å². The predicted octanol–water partition coefficient (Wildman–Crippen LogP) is 3.98. The molecule has 70 valence electrons. The van der Waals surface area contributed by atoms with Crippen LogP contribution in [0.25, 0.3) is 0 Å². The van der Waals surface area contributed by atoms with Crippen LogP contribution in [-0.4, -0.2) is 17.0 Å². The Morgan fingerprint density at radius 2 is 1.50 bits per heavy atom. The van der Waals surface area contributed by atoms with Gasteiger partial charge < -0.3 is 0 Å². The fraction of sp³-hybridized carbons (Fsp3) is 1.00. The molecule has 0 unspecified atom stereocenters. The summed E-state index contributed by atoms with van der Waals surface area (Å²) in [6, 6.07) is 0. The average molecular weight is 184 g/mol. The summed E-state index contributed by atoms with van der Waals surface area (Å²) in [5.74, 6) is 0. The highest BCUT2D eigenvalue weighted by Gasteiger charge is 2.39. The van der Waals surface area contributed by atoms with Crippen molar-refractivity contribution < 1.29 is 0 Å². The molecule has 12 heavy (non-hydrogen) atoms. The summed E-state index contributed by atoms with van der Waals surface area (Å²) in [5, 5.41) is 0. The first-order valence-electron chi connectivity index (χ1n) is 5.56. The molecule has 1 heterocycles. The molecule has 2 atom stereocenters. The zero-order chi connectivity index (χ0) is 8.55. The van der Waals surface area contributed by atoms with Crippen molar-refractivity contribution >= 4 is 7.92 Å². The van der Waals surface area contributed by atoms with Crippen molar-refractivity contribution in [2.45, 2.75) is 69.3 Å². The monoisotopic (exact) mass is 184 g/mol. The third-order valence-corrected chi connectivity index (χ3v) is 7.51. The largest absolute Gasteiger partial charge is 0.0977 e. The molecule has 1 saturated heterocycles. The number of hydrogen-bond donors (Lipinski definition) is 0. The lowest BCUT2D eigenvalue weighted by molar-refractivity contribution is 0.497. The topological polar surface area (TPSA) is 0 Å². The molecule has 1 heteroatoms. The minimum atomic E-state index is 0.462. The molecule has 0 aromatic rings. The van der Waals surface area contributed by atoms with Crippen LogP contribution in [0.15, 0.2) is 0 Å². The van der Waals surface area contributed by atoms with Gasteiger partial charge in [-0.25, -0.2) is 0 Å². The lowest BCUT2D eigenvalue weighted by Gasteiger charge is -2.48. The molecule has 2 fully saturated rings. The van der Waals surface area contributed by atoms with Crippen LogP contribution >= 0.6 is 7.92 Å². The van der Waals surface area contributed by atoms with Crippen LogP contribution in [0.2, 0.25) is 0 Å². The fourth-order valence-corrected chi connectivity index (χ4v) is 7.13. The Kier molecular flexibility index (Phi) is 2.75. The maximum atomic E-state index is 2.49. The molecule has 2 aliphatic rings. The first-order valence-corrected chi connectivity index (χ1v) is 7.11. The van der Waals surface area contributed by atoms with Crippen LogP contribution in [0, 0.1) is 0 Å². The standard InChI is InChI=1S/C11H21P/c1-9-8-10(2)12(9)11-6-4-3-5-7-11/h9-11H,3-8H2,1-2H3/t9-,10-/m0/s1. The van der Waals surface area contributed by atoms with Gasteiger partial charge in [0.15, 0.2) is 0 Å². The first-order chi connectivity index (χ1) is 5.79. The maximum absolute atomic E-state index is 2.49.